The molecule has 0 aromatic carbocycles. The van der Waals surface area contributed by atoms with Crippen molar-refractivity contribution in [2.24, 2.45) is 12.0 Å². The van der Waals surface area contributed by atoms with E-state index in [0.29, 0.717) is 12.6 Å². The minimum absolute atomic E-state index is 0.558. The summed E-state index contributed by atoms with van der Waals surface area (Å²) in [5.41, 5.74) is 0. The number of nitrogens with zero attached hydrogens (tertiary/aromatic N) is 5. The van der Waals surface area contributed by atoms with Gasteiger partial charge in [-0.1, -0.05) is 19.3 Å². The number of likely N-dealkylation sites (tertiary alicyclic amines) is 1. The zero-order chi connectivity index (χ0) is 17.5. The second kappa shape index (κ2) is 9.17. The standard InChI is InChI=1S/C18H33N7/c1-15-22-23-17(24(15)2)14-20-18(21-16-8-4-5-9-16)19-10-13-25-11-6-3-7-12-25/h16H,3-14H2,1-2H3,(H2,19,20,21). The molecule has 0 radical (unpaired) electrons. The largest absolute Gasteiger partial charge is 0.355 e. The van der Waals surface area contributed by atoms with Crippen molar-refractivity contribution >= 4 is 5.96 Å². The Labute approximate surface area is 151 Å². The monoisotopic (exact) mass is 347 g/mol. The van der Waals surface area contributed by atoms with Gasteiger partial charge in [0.25, 0.3) is 0 Å². The van der Waals surface area contributed by atoms with Gasteiger partial charge in [-0.2, -0.15) is 0 Å². The molecule has 1 aromatic rings. The topological polar surface area (TPSA) is 70.4 Å². The van der Waals surface area contributed by atoms with Gasteiger partial charge in [0.05, 0.1) is 0 Å². The Morgan fingerprint density at radius 2 is 1.88 bits per heavy atom. The molecule has 3 rings (SSSR count). The Morgan fingerprint density at radius 3 is 2.56 bits per heavy atom. The fourth-order valence-corrected chi connectivity index (χ4v) is 3.67. The molecule has 0 bridgehead atoms. The Kier molecular flexibility index (Phi) is 6.67. The van der Waals surface area contributed by atoms with E-state index < -0.39 is 0 Å². The Morgan fingerprint density at radius 1 is 1.12 bits per heavy atom. The lowest BCUT2D eigenvalue weighted by Gasteiger charge is -2.27. The van der Waals surface area contributed by atoms with Crippen molar-refractivity contribution in [3.8, 4) is 0 Å². The number of nitrogens with one attached hydrogen (secondary N) is 2. The molecule has 7 nitrogen and oxygen atoms in total. The van der Waals surface area contributed by atoms with Crippen LogP contribution in [0.15, 0.2) is 4.99 Å². The quantitative estimate of drug-likeness (QED) is 0.604. The maximum absolute atomic E-state index is 4.77. The third kappa shape index (κ3) is 5.42. The normalized spacial score (nSPS) is 20.2. The number of piperidine rings is 1. The second-order valence-corrected chi connectivity index (χ2v) is 7.34. The average Bonchev–Trinajstić information content (AvgIpc) is 3.25. The van der Waals surface area contributed by atoms with Crippen LogP contribution in [0.25, 0.3) is 0 Å². The Hall–Kier alpha value is -1.63. The fourth-order valence-electron chi connectivity index (χ4n) is 3.67. The minimum Gasteiger partial charge on any atom is -0.355 e. The number of aliphatic imine (C=N–C) groups is 1. The Balaban J connectivity index is 1.53. The number of rotatable bonds is 6. The Bertz CT molecular complexity index is 554. The maximum atomic E-state index is 4.77. The van der Waals surface area contributed by atoms with Crippen LogP contribution in [0.3, 0.4) is 0 Å². The summed E-state index contributed by atoms with van der Waals surface area (Å²) >= 11 is 0. The van der Waals surface area contributed by atoms with Crippen LogP contribution in [0.4, 0.5) is 0 Å². The molecule has 2 fully saturated rings. The molecule has 1 aromatic heterocycles. The molecular weight excluding hydrogens is 314 g/mol. The highest BCUT2D eigenvalue weighted by molar-refractivity contribution is 5.80. The van der Waals surface area contributed by atoms with Gasteiger partial charge in [-0.05, 0) is 45.7 Å². The highest BCUT2D eigenvalue weighted by atomic mass is 15.3. The summed E-state index contributed by atoms with van der Waals surface area (Å²) in [6, 6.07) is 0.558. The van der Waals surface area contributed by atoms with E-state index >= 15 is 0 Å². The summed E-state index contributed by atoms with van der Waals surface area (Å²) in [4.78, 5) is 7.32. The predicted octanol–water partition coefficient (Wildman–Crippen LogP) is 1.59. The molecule has 7 heteroatoms. The number of aromatic nitrogens is 3. The highest BCUT2D eigenvalue weighted by Gasteiger charge is 2.17. The molecule has 1 aliphatic carbocycles. The molecular formula is C18H33N7. The summed E-state index contributed by atoms with van der Waals surface area (Å²) in [5.74, 6) is 2.75. The van der Waals surface area contributed by atoms with E-state index in [1.807, 2.05) is 18.5 Å². The first kappa shape index (κ1) is 18.2. The highest BCUT2D eigenvalue weighted by Crippen LogP contribution is 2.17. The number of aryl methyl sites for hydroxylation is 1. The molecule has 2 N–H and O–H groups in total. The van der Waals surface area contributed by atoms with E-state index in [2.05, 4.69) is 25.7 Å². The number of hydrogen-bond donors (Lipinski definition) is 2. The maximum Gasteiger partial charge on any atom is 0.191 e. The van der Waals surface area contributed by atoms with Gasteiger partial charge < -0.3 is 20.1 Å². The van der Waals surface area contributed by atoms with Crippen LogP contribution in [0, 0.1) is 6.92 Å². The summed E-state index contributed by atoms with van der Waals surface area (Å²) < 4.78 is 2.00. The SMILES string of the molecule is Cc1nnc(CN=C(NCCN2CCCCC2)NC2CCCC2)n1C. The van der Waals surface area contributed by atoms with Gasteiger partial charge in [-0.3, -0.25) is 0 Å². The van der Waals surface area contributed by atoms with E-state index in [0.717, 1.165) is 30.7 Å². The van der Waals surface area contributed by atoms with Gasteiger partial charge in [0.15, 0.2) is 11.8 Å². The van der Waals surface area contributed by atoms with E-state index in [-0.39, 0.29) is 0 Å². The van der Waals surface area contributed by atoms with E-state index in [1.54, 1.807) is 0 Å². The molecule has 2 heterocycles. The second-order valence-electron chi connectivity index (χ2n) is 7.34. The van der Waals surface area contributed by atoms with Gasteiger partial charge in [-0.25, -0.2) is 4.99 Å². The number of hydrogen-bond acceptors (Lipinski definition) is 4. The van der Waals surface area contributed by atoms with Crippen LogP contribution >= 0.6 is 0 Å². The molecule has 0 amide bonds. The first-order chi connectivity index (χ1) is 12.2. The van der Waals surface area contributed by atoms with Crippen molar-refractivity contribution in [1.82, 2.24) is 30.3 Å². The third-order valence-electron chi connectivity index (χ3n) is 5.43. The van der Waals surface area contributed by atoms with Crippen LogP contribution in [0.2, 0.25) is 0 Å². The van der Waals surface area contributed by atoms with Gasteiger partial charge >= 0.3 is 0 Å². The van der Waals surface area contributed by atoms with Crippen LogP contribution < -0.4 is 10.6 Å². The molecule has 0 spiro atoms. The smallest absolute Gasteiger partial charge is 0.191 e. The molecule has 0 atom stereocenters. The van der Waals surface area contributed by atoms with Crippen molar-refractivity contribution in [1.29, 1.82) is 0 Å². The van der Waals surface area contributed by atoms with Crippen molar-refractivity contribution in [3.63, 3.8) is 0 Å². The zero-order valence-corrected chi connectivity index (χ0v) is 15.8. The fraction of sp³-hybridized carbons (Fsp3) is 0.833. The van der Waals surface area contributed by atoms with Crippen molar-refractivity contribution in [2.45, 2.75) is 64.5 Å². The lowest BCUT2D eigenvalue weighted by molar-refractivity contribution is 0.232. The lowest BCUT2D eigenvalue weighted by atomic mass is 10.1. The molecule has 2 aliphatic rings. The first-order valence-corrected chi connectivity index (χ1v) is 9.84. The summed E-state index contributed by atoms with van der Waals surface area (Å²) in [5, 5.41) is 15.5. The first-order valence-electron chi connectivity index (χ1n) is 9.84. The molecule has 0 unspecified atom stereocenters. The summed E-state index contributed by atoms with van der Waals surface area (Å²) in [7, 11) is 1.99. The molecule has 140 valence electrons. The number of guanidine groups is 1. The van der Waals surface area contributed by atoms with Gasteiger partial charge in [0.1, 0.15) is 12.4 Å². The van der Waals surface area contributed by atoms with Gasteiger partial charge in [-0.15, -0.1) is 10.2 Å². The molecule has 1 aliphatic heterocycles. The summed E-state index contributed by atoms with van der Waals surface area (Å²) in [6.45, 7) is 7.04. The lowest BCUT2D eigenvalue weighted by Crippen LogP contribution is -2.45. The zero-order valence-electron chi connectivity index (χ0n) is 15.8. The minimum atomic E-state index is 0.558. The van der Waals surface area contributed by atoms with E-state index in [1.165, 1.54) is 58.0 Å². The predicted molar refractivity (Wildman–Crippen MR) is 101 cm³/mol. The van der Waals surface area contributed by atoms with Crippen LogP contribution in [0.5, 0.6) is 0 Å². The molecule has 1 saturated heterocycles. The van der Waals surface area contributed by atoms with Crippen molar-refractivity contribution in [3.05, 3.63) is 11.6 Å². The molecule has 1 saturated carbocycles. The van der Waals surface area contributed by atoms with Gasteiger partial charge in [0, 0.05) is 26.2 Å². The van der Waals surface area contributed by atoms with E-state index in [4.69, 9.17) is 4.99 Å². The van der Waals surface area contributed by atoms with Crippen molar-refractivity contribution < 1.29 is 0 Å². The van der Waals surface area contributed by atoms with Crippen LogP contribution in [0.1, 0.15) is 56.6 Å². The summed E-state index contributed by atoms with van der Waals surface area (Å²) in [6.07, 6.45) is 9.20. The third-order valence-corrected chi connectivity index (χ3v) is 5.43. The van der Waals surface area contributed by atoms with Crippen LogP contribution in [-0.2, 0) is 13.6 Å². The average molecular weight is 348 g/mol. The molecule has 25 heavy (non-hydrogen) atoms. The van der Waals surface area contributed by atoms with E-state index in [9.17, 15) is 0 Å². The van der Waals surface area contributed by atoms with Crippen LogP contribution in [-0.4, -0.2) is 57.8 Å². The van der Waals surface area contributed by atoms with Crippen molar-refractivity contribution in [2.75, 3.05) is 26.2 Å². The van der Waals surface area contributed by atoms with Gasteiger partial charge in [0.2, 0.25) is 0 Å².